The molecule has 5 rings (SSSR count). The molecule has 3 fully saturated rings. The fourth-order valence-electron chi connectivity index (χ4n) is 3.94. The van der Waals surface area contributed by atoms with Crippen molar-refractivity contribution in [3.05, 3.63) is 40.5 Å². The van der Waals surface area contributed by atoms with E-state index in [1.54, 1.807) is 6.20 Å². The Morgan fingerprint density at radius 2 is 2.12 bits per heavy atom. The van der Waals surface area contributed by atoms with Crippen LogP contribution in [0.3, 0.4) is 0 Å². The van der Waals surface area contributed by atoms with Crippen LogP contribution in [0.25, 0.3) is 10.4 Å². The van der Waals surface area contributed by atoms with Crippen molar-refractivity contribution < 1.29 is 4.79 Å². The van der Waals surface area contributed by atoms with E-state index >= 15 is 0 Å². The molecule has 2 aromatic heterocycles. The van der Waals surface area contributed by atoms with Gasteiger partial charge < -0.3 is 5.32 Å². The molecule has 0 aromatic carbocycles. The Kier molecular flexibility index (Phi) is 4.33. The first kappa shape index (κ1) is 16.1. The molecule has 126 valence electrons. The average Bonchev–Trinajstić information content (AvgIpc) is 3.09. The number of pyridine rings is 1. The normalized spacial score (nSPS) is 28.8. The molecule has 0 aliphatic carbocycles. The lowest BCUT2D eigenvalue weighted by Gasteiger charge is -2.49. The number of thiophene rings is 1. The van der Waals surface area contributed by atoms with E-state index in [2.05, 4.69) is 22.1 Å². The summed E-state index contributed by atoms with van der Waals surface area (Å²) >= 11 is 7.46. The van der Waals surface area contributed by atoms with Gasteiger partial charge in [0.1, 0.15) is 5.15 Å². The highest BCUT2D eigenvalue weighted by Crippen LogP contribution is 2.33. The van der Waals surface area contributed by atoms with Gasteiger partial charge in [-0.1, -0.05) is 11.6 Å². The first-order chi connectivity index (χ1) is 11.6. The van der Waals surface area contributed by atoms with E-state index in [9.17, 15) is 4.79 Å². The summed E-state index contributed by atoms with van der Waals surface area (Å²) in [6.07, 6.45) is 4.08. The molecular weight excluding hydrogens is 342 g/mol. The highest BCUT2D eigenvalue weighted by atomic mass is 35.5. The first-order valence-electron chi connectivity index (χ1n) is 8.38. The molecule has 4 nitrogen and oxygen atoms in total. The maximum Gasteiger partial charge on any atom is 0.261 e. The molecule has 0 spiro atoms. The summed E-state index contributed by atoms with van der Waals surface area (Å²) in [5.74, 6) is 0.657. The Labute approximate surface area is 150 Å². The third-order valence-electron chi connectivity index (χ3n) is 5.32. The van der Waals surface area contributed by atoms with Gasteiger partial charge in [0, 0.05) is 23.2 Å². The Morgan fingerprint density at radius 3 is 2.83 bits per heavy atom. The lowest BCUT2D eigenvalue weighted by atomic mass is 9.79. The zero-order valence-electron chi connectivity index (χ0n) is 13.5. The number of nitrogens with one attached hydrogen (secondary N) is 1. The highest BCUT2D eigenvalue weighted by molar-refractivity contribution is 7.17. The molecule has 5 heterocycles. The molecular formula is C18H20ClN3OS. The van der Waals surface area contributed by atoms with Crippen LogP contribution >= 0.6 is 22.9 Å². The maximum atomic E-state index is 12.7. The zero-order valence-corrected chi connectivity index (χ0v) is 15.1. The SMILES string of the molecule is C[C@H]1[C@H](NC(=O)c2ccc(-c3ccnc(Cl)c3)s2)C2CCN1CC2. The maximum absolute atomic E-state index is 12.7. The van der Waals surface area contributed by atoms with Gasteiger partial charge >= 0.3 is 0 Å². The lowest BCUT2D eigenvalue weighted by molar-refractivity contribution is 0.0218. The van der Waals surface area contributed by atoms with Gasteiger partial charge in [-0.15, -0.1) is 11.3 Å². The van der Waals surface area contributed by atoms with Crippen LogP contribution in [-0.2, 0) is 0 Å². The molecule has 2 aromatic rings. The van der Waals surface area contributed by atoms with E-state index in [4.69, 9.17) is 11.6 Å². The number of fused-ring (bicyclic) bond motifs is 3. The minimum atomic E-state index is 0.0389. The van der Waals surface area contributed by atoms with Crippen LogP contribution in [0.2, 0.25) is 5.15 Å². The number of aromatic nitrogens is 1. The topological polar surface area (TPSA) is 45.2 Å². The third kappa shape index (κ3) is 2.96. The van der Waals surface area contributed by atoms with Crippen LogP contribution in [0.15, 0.2) is 30.5 Å². The number of carbonyl (C=O) groups is 1. The average molecular weight is 362 g/mol. The van der Waals surface area contributed by atoms with Crippen molar-refractivity contribution in [3.63, 3.8) is 0 Å². The molecule has 3 aliphatic rings. The molecule has 0 unspecified atom stereocenters. The number of hydrogen-bond donors (Lipinski definition) is 1. The number of piperidine rings is 3. The monoisotopic (exact) mass is 361 g/mol. The number of nitrogens with zero attached hydrogens (tertiary/aromatic N) is 2. The summed E-state index contributed by atoms with van der Waals surface area (Å²) in [6.45, 7) is 4.57. The van der Waals surface area contributed by atoms with Gasteiger partial charge in [-0.2, -0.15) is 0 Å². The van der Waals surface area contributed by atoms with Crippen LogP contribution in [0.4, 0.5) is 0 Å². The van der Waals surface area contributed by atoms with E-state index in [1.807, 2.05) is 24.3 Å². The molecule has 0 saturated carbocycles. The number of halogens is 1. The number of hydrogen-bond acceptors (Lipinski definition) is 4. The molecule has 1 amide bonds. The summed E-state index contributed by atoms with van der Waals surface area (Å²) in [6, 6.07) is 8.31. The second-order valence-electron chi connectivity index (χ2n) is 6.64. The number of rotatable bonds is 3. The van der Waals surface area contributed by atoms with E-state index < -0.39 is 0 Å². The van der Waals surface area contributed by atoms with Gasteiger partial charge in [-0.25, -0.2) is 4.98 Å². The molecule has 2 atom stereocenters. The summed E-state index contributed by atoms with van der Waals surface area (Å²) in [5.41, 5.74) is 0.996. The summed E-state index contributed by atoms with van der Waals surface area (Å²) in [5, 5.41) is 3.75. The molecule has 6 heteroatoms. The smallest absolute Gasteiger partial charge is 0.261 e. The first-order valence-corrected chi connectivity index (χ1v) is 9.58. The fraction of sp³-hybridized carbons (Fsp3) is 0.444. The van der Waals surface area contributed by atoms with Crippen molar-refractivity contribution in [2.24, 2.45) is 5.92 Å². The van der Waals surface area contributed by atoms with Crippen LogP contribution < -0.4 is 5.32 Å². The minimum Gasteiger partial charge on any atom is -0.347 e. The second kappa shape index (κ2) is 6.47. The Bertz CT molecular complexity index is 752. The van der Waals surface area contributed by atoms with Gasteiger partial charge in [0.25, 0.3) is 5.91 Å². The van der Waals surface area contributed by atoms with Crippen LogP contribution in [0, 0.1) is 5.92 Å². The van der Waals surface area contributed by atoms with Crippen LogP contribution in [0.5, 0.6) is 0 Å². The van der Waals surface area contributed by atoms with Gasteiger partial charge in [0.15, 0.2) is 0 Å². The van der Waals surface area contributed by atoms with Gasteiger partial charge in [0.05, 0.1) is 4.88 Å². The Balaban J connectivity index is 1.49. The third-order valence-corrected chi connectivity index (χ3v) is 6.66. The Morgan fingerprint density at radius 1 is 1.33 bits per heavy atom. The van der Waals surface area contributed by atoms with Crippen molar-refractivity contribution in [2.45, 2.75) is 31.8 Å². The van der Waals surface area contributed by atoms with Crippen LogP contribution in [-0.4, -0.2) is 41.0 Å². The van der Waals surface area contributed by atoms with Crippen LogP contribution in [0.1, 0.15) is 29.4 Å². The Hall–Kier alpha value is -1.43. The minimum absolute atomic E-state index is 0.0389. The van der Waals surface area contributed by atoms with Crippen molar-refractivity contribution in [1.82, 2.24) is 15.2 Å². The fourth-order valence-corrected chi connectivity index (χ4v) is 5.02. The molecule has 2 bridgehead atoms. The van der Waals surface area contributed by atoms with E-state index in [-0.39, 0.29) is 11.9 Å². The van der Waals surface area contributed by atoms with E-state index in [1.165, 1.54) is 37.3 Å². The standard InChI is InChI=1S/C18H20ClN3OS/c1-11-17(12-5-8-22(11)9-6-12)21-18(23)15-3-2-14(24-15)13-4-7-20-16(19)10-13/h2-4,7,10-12,17H,5-6,8-9H2,1H3,(H,21,23)/t11-,17-/m0/s1. The summed E-state index contributed by atoms with van der Waals surface area (Å²) in [4.78, 5) is 21.0. The van der Waals surface area contributed by atoms with Crippen molar-refractivity contribution in [3.8, 4) is 10.4 Å². The second-order valence-corrected chi connectivity index (χ2v) is 8.12. The highest BCUT2D eigenvalue weighted by Gasteiger charge is 2.40. The quantitative estimate of drug-likeness (QED) is 0.848. The van der Waals surface area contributed by atoms with Gasteiger partial charge in [0.2, 0.25) is 0 Å². The molecule has 24 heavy (non-hydrogen) atoms. The number of carbonyl (C=O) groups excluding carboxylic acids is 1. The molecule has 1 N–H and O–H groups in total. The predicted octanol–water partition coefficient (Wildman–Crippen LogP) is 3.68. The van der Waals surface area contributed by atoms with E-state index in [0.717, 1.165) is 15.3 Å². The zero-order chi connectivity index (χ0) is 16.7. The number of amides is 1. The van der Waals surface area contributed by atoms with Crippen molar-refractivity contribution in [1.29, 1.82) is 0 Å². The van der Waals surface area contributed by atoms with Gasteiger partial charge in [-0.3, -0.25) is 9.69 Å². The predicted molar refractivity (Wildman–Crippen MR) is 97.6 cm³/mol. The summed E-state index contributed by atoms with van der Waals surface area (Å²) < 4.78 is 0. The van der Waals surface area contributed by atoms with Crippen molar-refractivity contribution in [2.75, 3.05) is 13.1 Å². The van der Waals surface area contributed by atoms with Crippen molar-refractivity contribution >= 4 is 28.8 Å². The molecule has 3 aliphatic heterocycles. The molecule has 0 radical (unpaired) electrons. The molecule has 3 saturated heterocycles. The van der Waals surface area contributed by atoms with Gasteiger partial charge in [-0.05, 0) is 68.6 Å². The summed E-state index contributed by atoms with van der Waals surface area (Å²) in [7, 11) is 0. The largest absolute Gasteiger partial charge is 0.347 e. The van der Waals surface area contributed by atoms with E-state index in [0.29, 0.717) is 17.1 Å². The lowest BCUT2D eigenvalue weighted by Crippen LogP contribution is -2.62.